The van der Waals surface area contributed by atoms with Crippen molar-refractivity contribution in [1.82, 2.24) is 0 Å². The minimum atomic E-state index is -0.189. The Hall–Kier alpha value is -0.360. The first-order chi connectivity index (χ1) is 14.6. The summed E-state index contributed by atoms with van der Waals surface area (Å²) in [5.41, 5.74) is 0. The summed E-state index contributed by atoms with van der Waals surface area (Å²) in [7, 11) is 0. The van der Waals surface area contributed by atoms with Crippen LogP contribution in [0, 0.1) is 0 Å². The zero-order chi connectivity index (χ0) is 21.2. The van der Waals surface area contributed by atoms with Gasteiger partial charge in [0.1, 0.15) is 24.4 Å². The minimum absolute atomic E-state index is 0.00892. The maximum atomic E-state index is 6.00. The zero-order valence-electron chi connectivity index (χ0n) is 18.5. The molecule has 0 spiro atoms. The lowest BCUT2D eigenvalue weighted by Gasteiger charge is -2.22. The Morgan fingerprint density at radius 3 is 1.30 bits per heavy atom. The minimum Gasteiger partial charge on any atom is -0.376 e. The summed E-state index contributed by atoms with van der Waals surface area (Å²) in [5, 5.41) is 0. The first-order valence-electron chi connectivity index (χ1n) is 11.0. The molecule has 30 heavy (non-hydrogen) atoms. The average molecular weight is 435 g/mol. The molecule has 9 heteroatoms. The van der Waals surface area contributed by atoms with E-state index in [0.717, 1.165) is 19.8 Å². The van der Waals surface area contributed by atoms with E-state index in [2.05, 4.69) is 0 Å². The van der Waals surface area contributed by atoms with Gasteiger partial charge in [-0.2, -0.15) is 0 Å². The predicted octanol–water partition coefficient (Wildman–Crippen LogP) is 0.817. The van der Waals surface area contributed by atoms with Crippen molar-refractivity contribution in [1.29, 1.82) is 0 Å². The highest BCUT2D eigenvalue weighted by Gasteiger charge is 2.25. The second kappa shape index (κ2) is 13.2. The van der Waals surface area contributed by atoms with Crippen LogP contribution in [0.3, 0.4) is 0 Å². The fourth-order valence-corrected chi connectivity index (χ4v) is 2.60. The van der Waals surface area contributed by atoms with Gasteiger partial charge in [0, 0.05) is 0 Å². The van der Waals surface area contributed by atoms with Crippen LogP contribution in [0.2, 0.25) is 0 Å². The van der Waals surface area contributed by atoms with Crippen LogP contribution in [0.25, 0.3) is 0 Å². The maximum absolute atomic E-state index is 6.00. The van der Waals surface area contributed by atoms with E-state index in [1.807, 2.05) is 20.8 Å². The predicted molar refractivity (Wildman–Crippen MR) is 107 cm³/mol. The molecular weight excluding hydrogens is 396 g/mol. The van der Waals surface area contributed by atoms with Crippen LogP contribution in [0.15, 0.2) is 0 Å². The van der Waals surface area contributed by atoms with E-state index in [1.54, 1.807) is 0 Å². The van der Waals surface area contributed by atoms with Gasteiger partial charge < -0.3 is 42.6 Å². The first kappa shape index (κ1) is 24.3. The van der Waals surface area contributed by atoms with E-state index in [4.69, 9.17) is 42.6 Å². The van der Waals surface area contributed by atoms with Gasteiger partial charge in [-0.1, -0.05) is 0 Å². The number of epoxide rings is 3. The lowest BCUT2D eigenvalue weighted by Crippen LogP contribution is -2.32. The highest BCUT2D eigenvalue weighted by Crippen LogP contribution is 2.12. The SMILES string of the molecule is C[C@H](COCC(COC[C@H](C)OC[C@@H]1CO1)OC[C@H](C)OC[C@H]1CO1)OC[C@@H]1CO1. The molecule has 0 aromatic heterocycles. The fourth-order valence-electron chi connectivity index (χ4n) is 2.60. The fraction of sp³-hybridized carbons (Fsp3) is 1.00. The Morgan fingerprint density at radius 1 is 0.567 bits per heavy atom. The molecule has 0 amide bonds. The van der Waals surface area contributed by atoms with Gasteiger partial charge in [0.25, 0.3) is 0 Å². The third-order valence-corrected chi connectivity index (χ3v) is 4.79. The Labute approximate surface area is 179 Å². The van der Waals surface area contributed by atoms with Gasteiger partial charge in [0.05, 0.1) is 91.0 Å². The van der Waals surface area contributed by atoms with Crippen molar-refractivity contribution < 1.29 is 42.6 Å². The van der Waals surface area contributed by atoms with Crippen molar-refractivity contribution in [3.05, 3.63) is 0 Å². The first-order valence-corrected chi connectivity index (χ1v) is 11.0. The largest absolute Gasteiger partial charge is 0.376 e. The average Bonchev–Trinajstić information content (AvgIpc) is 3.56. The van der Waals surface area contributed by atoms with Gasteiger partial charge in [0.2, 0.25) is 0 Å². The molecule has 3 aliphatic rings. The third kappa shape index (κ3) is 11.9. The molecule has 1 unspecified atom stereocenters. The molecule has 0 saturated carbocycles. The smallest absolute Gasteiger partial charge is 0.104 e. The van der Waals surface area contributed by atoms with Crippen molar-refractivity contribution in [2.24, 2.45) is 0 Å². The van der Waals surface area contributed by atoms with E-state index in [0.29, 0.717) is 52.9 Å². The van der Waals surface area contributed by atoms with Crippen molar-refractivity contribution in [3.8, 4) is 0 Å². The Balaban J connectivity index is 1.28. The highest BCUT2D eigenvalue weighted by atomic mass is 16.6. The molecule has 3 rings (SSSR count). The van der Waals surface area contributed by atoms with Crippen LogP contribution in [0.5, 0.6) is 0 Å². The summed E-state index contributed by atoms with van der Waals surface area (Å²) in [4.78, 5) is 0. The van der Waals surface area contributed by atoms with E-state index in [-0.39, 0.29) is 42.7 Å². The van der Waals surface area contributed by atoms with E-state index >= 15 is 0 Å². The van der Waals surface area contributed by atoms with Crippen LogP contribution < -0.4 is 0 Å². The van der Waals surface area contributed by atoms with Gasteiger partial charge in [-0.05, 0) is 20.8 Å². The van der Waals surface area contributed by atoms with Crippen molar-refractivity contribution in [2.75, 3.05) is 72.7 Å². The summed E-state index contributed by atoms with van der Waals surface area (Å²) in [5.74, 6) is 0. The van der Waals surface area contributed by atoms with Gasteiger partial charge in [0.15, 0.2) is 0 Å². The molecule has 3 heterocycles. The van der Waals surface area contributed by atoms with Crippen molar-refractivity contribution in [3.63, 3.8) is 0 Å². The zero-order valence-corrected chi connectivity index (χ0v) is 18.5. The topological polar surface area (TPSA) is 93.0 Å². The van der Waals surface area contributed by atoms with Crippen molar-refractivity contribution >= 4 is 0 Å². The number of ether oxygens (including phenoxy) is 9. The molecular formula is C21H38O9. The molecule has 176 valence electrons. The van der Waals surface area contributed by atoms with Crippen LogP contribution in [-0.2, 0) is 42.6 Å². The summed E-state index contributed by atoms with van der Waals surface area (Å²) < 4.78 is 50.2. The molecule has 0 bridgehead atoms. The quantitative estimate of drug-likeness (QED) is 0.258. The van der Waals surface area contributed by atoms with E-state index in [9.17, 15) is 0 Å². The van der Waals surface area contributed by atoms with Gasteiger partial charge >= 0.3 is 0 Å². The van der Waals surface area contributed by atoms with Crippen molar-refractivity contribution in [2.45, 2.75) is 63.5 Å². The molecule has 7 atom stereocenters. The lowest BCUT2D eigenvalue weighted by atomic mass is 10.3. The second-order valence-electron chi connectivity index (χ2n) is 8.33. The Morgan fingerprint density at radius 2 is 0.933 bits per heavy atom. The maximum Gasteiger partial charge on any atom is 0.104 e. The highest BCUT2D eigenvalue weighted by molar-refractivity contribution is 4.70. The molecule has 0 radical (unpaired) electrons. The van der Waals surface area contributed by atoms with Gasteiger partial charge in [-0.3, -0.25) is 0 Å². The Kier molecular flexibility index (Phi) is 10.7. The summed E-state index contributed by atoms with van der Waals surface area (Å²) >= 11 is 0. The molecule has 0 aromatic rings. The lowest BCUT2D eigenvalue weighted by molar-refractivity contribution is -0.109. The molecule has 0 N–H and O–H groups in total. The van der Waals surface area contributed by atoms with E-state index < -0.39 is 0 Å². The molecule has 0 aromatic carbocycles. The standard InChI is InChI=1S/C21H38O9/c1-15(24-9-19-12-28-19)4-22-7-18(27-6-17(3)26-11-21-14-30-21)8-23-5-16(2)25-10-20-13-29-20/h15-21H,4-14H2,1-3H3/t15-,16+,17-,18?,19+,20+,21-/m0/s1. The van der Waals surface area contributed by atoms with Crippen LogP contribution in [0.1, 0.15) is 20.8 Å². The summed E-state index contributed by atoms with van der Waals surface area (Å²) in [6, 6.07) is 0. The summed E-state index contributed by atoms with van der Waals surface area (Å²) in [6.07, 6.45) is 0.582. The molecule has 0 aliphatic carbocycles. The Bertz CT molecular complexity index is 426. The van der Waals surface area contributed by atoms with Crippen LogP contribution in [-0.4, -0.2) is 115 Å². The second-order valence-corrected chi connectivity index (χ2v) is 8.33. The van der Waals surface area contributed by atoms with E-state index in [1.165, 1.54) is 0 Å². The van der Waals surface area contributed by atoms with Crippen LogP contribution in [0.4, 0.5) is 0 Å². The summed E-state index contributed by atoms with van der Waals surface area (Å²) in [6.45, 7) is 12.5. The number of rotatable bonds is 20. The van der Waals surface area contributed by atoms with Gasteiger partial charge in [-0.15, -0.1) is 0 Å². The molecule has 9 nitrogen and oxygen atoms in total. The third-order valence-electron chi connectivity index (χ3n) is 4.79. The normalized spacial score (nSPS) is 28.7. The number of hydrogen-bond acceptors (Lipinski definition) is 9. The molecule has 3 aliphatic heterocycles. The molecule has 3 saturated heterocycles. The van der Waals surface area contributed by atoms with Crippen LogP contribution >= 0.6 is 0 Å². The molecule has 3 fully saturated rings. The van der Waals surface area contributed by atoms with Gasteiger partial charge in [-0.25, -0.2) is 0 Å². The monoisotopic (exact) mass is 434 g/mol. The number of hydrogen-bond donors (Lipinski definition) is 0.